The van der Waals surface area contributed by atoms with Crippen molar-refractivity contribution in [3.63, 3.8) is 0 Å². The lowest BCUT2D eigenvalue weighted by Gasteiger charge is -2.30. The maximum Gasteiger partial charge on any atom is 0.324 e. The summed E-state index contributed by atoms with van der Waals surface area (Å²) >= 11 is 0. The van der Waals surface area contributed by atoms with Crippen LogP contribution in [0.3, 0.4) is 0 Å². The molecule has 0 radical (unpaired) electrons. The Morgan fingerprint density at radius 3 is 2.54 bits per heavy atom. The number of carbonyl (C=O) groups is 2. The summed E-state index contributed by atoms with van der Waals surface area (Å²) < 4.78 is 21.3. The Labute approximate surface area is 164 Å². The van der Waals surface area contributed by atoms with Crippen molar-refractivity contribution in [1.82, 2.24) is 5.32 Å². The maximum atomic E-state index is 12.6. The van der Waals surface area contributed by atoms with E-state index in [1.165, 1.54) is 0 Å². The number of anilines is 1. The smallest absolute Gasteiger partial charge is 0.324 e. The van der Waals surface area contributed by atoms with Crippen molar-refractivity contribution < 1.29 is 28.5 Å². The van der Waals surface area contributed by atoms with Gasteiger partial charge in [0.1, 0.15) is 6.04 Å². The van der Waals surface area contributed by atoms with Crippen molar-refractivity contribution in [3.05, 3.63) is 18.2 Å². The predicted molar refractivity (Wildman–Crippen MR) is 102 cm³/mol. The van der Waals surface area contributed by atoms with Crippen LogP contribution in [0.2, 0.25) is 0 Å². The van der Waals surface area contributed by atoms with E-state index in [1.807, 2.05) is 13.8 Å². The highest BCUT2D eigenvalue weighted by Crippen LogP contribution is 2.34. The van der Waals surface area contributed by atoms with E-state index in [1.54, 1.807) is 25.1 Å². The Morgan fingerprint density at radius 2 is 1.82 bits per heavy atom. The quantitative estimate of drug-likeness (QED) is 0.686. The number of fused-ring (bicyclic) bond motifs is 1. The summed E-state index contributed by atoms with van der Waals surface area (Å²) in [6.07, 6.45) is 0.795. The molecule has 2 atom stereocenters. The molecule has 3 rings (SSSR count). The fourth-order valence-electron chi connectivity index (χ4n) is 3.17. The minimum atomic E-state index is -0.921. The molecule has 1 saturated heterocycles. The van der Waals surface area contributed by atoms with Crippen molar-refractivity contribution in [2.45, 2.75) is 51.8 Å². The summed E-state index contributed by atoms with van der Waals surface area (Å²) in [5.41, 5.74) is 0.554. The minimum Gasteiger partial charge on any atom is -0.454 e. The molecular weight excluding hydrogens is 364 g/mol. The first kappa shape index (κ1) is 20.4. The Kier molecular flexibility index (Phi) is 6.74. The lowest BCUT2D eigenvalue weighted by Crippen LogP contribution is -2.50. The molecule has 2 heterocycles. The molecule has 8 heteroatoms. The van der Waals surface area contributed by atoms with E-state index in [0.717, 1.165) is 12.8 Å². The summed E-state index contributed by atoms with van der Waals surface area (Å²) in [6, 6.07) is 4.86. The van der Waals surface area contributed by atoms with Gasteiger partial charge in [-0.3, -0.25) is 9.59 Å². The van der Waals surface area contributed by atoms with Crippen LogP contribution in [0.15, 0.2) is 18.2 Å². The van der Waals surface area contributed by atoms with Gasteiger partial charge in [-0.15, -0.1) is 0 Å². The van der Waals surface area contributed by atoms with Crippen LogP contribution in [-0.2, 0) is 19.1 Å². The van der Waals surface area contributed by atoms with Gasteiger partial charge in [0.15, 0.2) is 17.6 Å². The highest BCUT2D eigenvalue weighted by molar-refractivity contribution is 5.95. The molecule has 1 fully saturated rings. The van der Waals surface area contributed by atoms with Crippen LogP contribution in [0, 0.1) is 5.92 Å². The zero-order chi connectivity index (χ0) is 20.1. The molecule has 0 aliphatic carbocycles. The Bertz CT molecular complexity index is 702. The first-order valence-electron chi connectivity index (χ1n) is 9.69. The molecule has 2 unspecified atom stereocenters. The van der Waals surface area contributed by atoms with Crippen molar-refractivity contribution in [1.29, 1.82) is 0 Å². The molecule has 28 heavy (non-hydrogen) atoms. The second-order valence-electron chi connectivity index (χ2n) is 7.41. The third kappa shape index (κ3) is 5.14. The van der Waals surface area contributed by atoms with E-state index in [4.69, 9.17) is 18.9 Å². The van der Waals surface area contributed by atoms with Crippen LogP contribution in [0.4, 0.5) is 5.69 Å². The van der Waals surface area contributed by atoms with Crippen LogP contribution in [0.25, 0.3) is 0 Å². The van der Waals surface area contributed by atoms with Crippen LogP contribution >= 0.6 is 0 Å². The number of esters is 1. The summed E-state index contributed by atoms with van der Waals surface area (Å²) in [5, 5.41) is 6.10. The van der Waals surface area contributed by atoms with E-state index >= 15 is 0 Å². The first-order chi connectivity index (χ1) is 13.4. The van der Waals surface area contributed by atoms with Crippen molar-refractivity contribution in [2.75, 3.05) is 25.3 Å². The van der Waals surface area contributed by atoms with Crippen molar-refractivity contribution in [3.8, 4) is 11.5 Å². The summed E-state index contributed by atoms with van der Waals surface area (Å²) in [6.45, 7) is 7.01. The van der Waals surface area contributed by atoms with E-state index in [2.05, 4.69) is 10.6 Å². The number of hydrogen-bond acceptors (Lipinski definition) is 7. The van der Waals surface area contributed by atoms with Gasteiger partial charge >= 0.3 is 5.97 Å². The number of amides is 1. The Morgan fingerprint density at radius 1 is 1.11 bits per heavy atom. The zero-order valence-electron chi connectivity index (χ0n) is 16.5. The standard InChI is InChI=1S/C20H28N2O6/c1-12(2)18(21-14-6-8-25-9-7-14)20(24)28-13(3)19(23)22-15-4-5-16-17(10-15)27-11-26-16/h4-5,10,12-14,18,21H,6-9,11H2,1-3H3,(H,22,23). The second-order valence-corrected chi connectivity index (χ2v) is 7.41. The lowest BCUT2D eigenvalue weighted by atomic mass is 10.0. The fraction of sp³-hybridized carbons (Fsp3) is 0.600. The summed E-state index contributed by atoms with van der Waals surface area (Å²) in [5.74, 6) is 0.425. The molecule has 2 aliphatic rings. The van der Waals surface area contributed by atoms with E-state index in [0.29, 0.717) is 30.4 Å². The van der Waals surface area contributed by atoms with Crippen LogP contribution in [-0.4, -0.2) is 50.1 Å². The molecular formula is C20H28N2O6. The van der Waals surface area contributed by atoms with Crippen LogP contribution in [0.1, 0.15) is 33.6 Å². The number of nitrogens with one attached hydrogen (secondary N) is 2. The van der Waals surface area contributed by atoms with Crippen LogP contribution < -0.4 is 20.1 Å². The Balaban J connectivity index is 1.54. The molecule has 0 saturated carbocycles. The number of ether oxygens (including phenoxy) is 4. The van der Waals surface area contributed by atoms with Gasteiger partial charge in [-0.05, 0) is 37.8 Å². The highest BCUT2D eigenvalue weighted by atomic mass is 16.7. The molecule has 8 nitrogen and oxygen atoms in total. The highest BCUT2D eigenvalue weighted by Gasteiger charge is 2.30. The predicted octanol–water partition coefficient (Wildman–Crippen LogP) is 2.08. The first-order valence-corrected chi connectivity index (χ1v) is 9.69. The van der Waals surface area contributed by atoms with Gasteiger partial charge in [0, 0.05) is 31.0 Å². The lowest BCUT2D eigenvalue weighted by molar-refractivity contribution is -0.156. The molecule has 2 N–H and O–H groups in total. The van der Waals surface area contributed by atoms with E-state index < -0.39 is 24.0 Å². The molecule has 1 aromatic carbocycles. The average molecular weight is 392 g/mol. The van der Waals surface area contributed by atoms with Gasteiger partial charge in [-0.1, -0.05) is 13.8 Å². The third-order valence-electron chi connectivity index (χ3n) is 4.86. The Hall–Kier alpha value is -2.32. The maximum absolute atomic E-state index is 12.6. The number of benzene rings is 1. The molecule has 154 valence electrons. The normalized spacial score (nSPS) is 18.6. The minimum absolute atomic E-state index is 0.0412. The van der Waals surface area contributed by atoms with Crippen LogP contribution in [0.5, 0.6) is 11.5 Å². The van der Waals surface area contributed by atoms with E-state index in [9.17, 15) is 9.59 Å². The van der Waals surface area contributed by atoms with Crippen molar-refractivity contribution in [2.24, 2.45) is 5.92 Å². The van der Waals surface area contributed by atoms with Gasteiger partial charge < -0.3 is 29.6 Å². The van der Waals surface area contributed by atoms with Gasteiger partial charge in [0.05, 0.1) is 0 Å². The average Bonchev–Trinajstić information content (AvgIpc) is 3.14. The molecule has 1 amide bonds. The largest absolute Gasteiger partial charge is 0.454 e. The fourth-order valence-corrected chi connectivity index (χ4v) is 3.17. The summed E-state index contributed by atoms with van der Waals surface area (Å²) in [4.78, 5) is 25.1. The number of rotatable bonds is 7. The zero-order valence-corrected chi connectivity index (χ0v) is 16.5. The van der Waals surface area contributed by atoms with E-state index in [-0.39, 0.29) is 18.8 Å². The molecule has 2 aliphatic heterocycles. The molecule has 1 aromatic rings. The van der Waals surface area contributed by atoms with Gasteiger partial charge in [-0.25, -0.2) is 0 Å². The van der Waals surface area contributed by atoms with Gasteiger partial charge in [-0.2, -0.15) is 0 Å². The van der Waals surface area contributed by atoms with Gasteiger partial charge in [0.2, 0.25) is 6.79 Å². The number of carbonyl (C=O) groups excluding carboxylic acids is 2. The second kappa shape index (κ2) is 9.25. The molecule has 0 aromatic heterocycles. The number of hydrogen-bond donors (Lipinski definition) is 2. The molecule has 0 spiro atoms. The topological polar surface area (TPSA) is 95.1 Å². The SMILES string of the molecule is CC(OC(=O)C(NC1CCOCC1)C(C)C)C(=O)Nc1ccc2c(c1)OCO2. The molecule has 0 bridgehead atoms. The third-order valence-corrected chi connectivity index (χ3v) is 4.86. The summed E-state index contributed by atoms with van der Waals surface area (Å²) in [7, 11) is 0. The monoisotopic (exact) mass is 392 g/mol. The van der Waals surface area contributed by atoms with Crippen molar-refractivity contribution >= 4 is 17.6 Å². The van der Waals surface area contributed by atoms with Gasteiger partial charge in [0.25, 0.3) is 5.91 Å².